The SMILES string of the molecule is COc1ccc(Nc2cc(C)nc(Nc3cc(C)cc(C)c3)n2)cc1Cl. The maximum absolute atomic E-state index is 6.19. The highest BCUT2D eigenvalue weighted by molar-refractivity contribution is 6.32. The molecule has 0 amide bonds. The molecule has 2 N–H and O–H groups in total. The fourth-order valence-electron chi connectivity index (χ4n) is 2.76. The van der Waals surface area contributed by atoms with Crippen molar-refractivity contribution in [3.8, 4) is 5.75 Å². The van der Waals surface area contributed by atoms with Gasteiger partial charge in [-0.1, -0.05) is 17.7 Å². The number of hydrogen-bond donors (Lipinski definition) is 2. The minimum atomic E-state index is 0.539. The zero-order valence-corrected chi connectivity index (χ0v) is 16.0. The number of rotatable bonds is 5. The molecule has 0 radical (unpaired) electrons. The van der Waals surface area contributed by atoms with Crippen molar-refractivity contribution in [3.05, 3.63) is 64.3 Å². The summed E-state index contributed by atoms with van der Waals surface area (Å²) in [4.78, 5) is 9.01. The van der Waals surface area contributed by atoms with Crippen LogP contribution in [-0.4, -0.2) is 17.1 Å². The van der Waals surface area contributed by atoms with Crippen molar-refractivity contribution in [2.75, 3.05) is 17.7 Å². The predicted octanol–water partition coefficient (Wildman–Crippen LogP) is 5.55. The molecular weight excluding hydrogens is 348 g/mol. The van der Waals surface area contributed by atoms with Gasteiger partial charge in [0, 0.05) is 23.1 Å². The molecule has 26 heavy (non-hydrogen) atoms. The summed E-state index contributed by atoms with van der Waals surface area (Å²) in [5.74, 6) is 1.86. The number of halogens is 1. The number of nitrogens with zero attached hydrogens (tertiary/aromatic N) is 2. The summed E-state index contributed by atoms with van der Waals surface area (Å²) in [5, 5.41) is 7.07. The second-order valence-corrected chi connectivity index (χ2v) is 6.60. The Bertz CT molecular complexity index is 923. The van der Waals surface area contributed by atoms with E-state index in [2.05, 4.69) is 52.6 Å². The van der Waals surface area contributed by atoms with Gasteiger partial charge in [0.05, 0.1) is 12.1 Å². The molecule has 0 saturated heterocycles. The van der Waals surface area contributed by atoms with Crippen molar-refractivity contribution in [1.29, 1.82) is 0 Å². The highest BCUT2D eigenvalue weighted by Crippen LogP contribution is 2.29. The predicted molar refractivity (Wildman–Crippen MR) is 107 cm³/mol. The number of hydrogen-bond acceptors (Lipinski definition) is 5. The van der Waals surface area contributed by atoms with Crippen LogP contribution in [0.3, 0.4) is 0 Å². The Morgan fingerprint density at radius 3 is 2.23 bits per heavy atom. The van der Waals surface area contributed by atoms with Crippen molar-refractivity contribution in [2.24, 2.45) is 0 Å². The van der Waals surface area contributed by atoms with Gasteiger partial charge in [0.1, 0.15) is 11.6 Å². The number of benzene rings is 2. The van der Waals surface area contributed by atoms with Gasteiger partial charge < -0.3 is 15.4 Å². The number of aryl methyl sites for hydroxylation is 3. The van der Waals surface area contributed by atoms with Crippen LogP contribution in [0.25, 0.3) is 0 Å². The normalized spacial score (nSPS) is 10.5. The maximum atomic E-state index is 6.19. The molecule has 0 bridgehead atoms. The number of ether oxygens (including phenoxy) is 1. The van der Waals surface area contributed by atoms with Crippen molar-refractivity contribution in [3.63, 3.8) is 0 Å². The second kappa shape index (κ2) is 7.62. The Morgan fingerprint density at radius 1 is 0.846 bits per heavy atom. The van der Waals surface area contributed by atoms with E-state index in [4.69, 9.17) is 16.3 Å². The van der Waals surface area contributed by atoms with Crippen LogP contribution in [-0.2, 0) is 0 Å². The molecule has 0 spiro atoms. The first kappa shape index (κ1) is 18.0. The molecular formula is C20H21ClN4O. The first-order chi connectivity index (χ1) is 12.4. The molecule has 5 nitrogen and oxygen atoms in total. The van der Waals surface area contributed by atoms with Crippen LogP contribution >= 0.6 is 11.6 Å². The zero-order chi connectivity index (χ0) is 18.7. The average molecular weight is 369 g/mol. The topological polar surface area (TPSA) is 59.1 Å². The summed E-state index contributed by atoms with van der Waals surface area (Å²) in [6.07, 6.45) is 0. The Hall–Kier alpha value is -2.79. The van der Waals surface area contributed by atoms with E-state index < -0.39 is 0 Å². The molecule has 1 heterocycles. The smallest absolute Gasteiger partial charge is 0.229 e. The lowest BCUT2D eigenvalue weighted by molar-refractivity contribution is 0.415. The average Bonchev–Trinajstić information content (AvgIpc) is 2.53. The lowest BCUT2D eigenvalue weighted by Gasteiger charge is -2.12. The van der Waals surface area contributed by atoms with Crippen LogP contribution in [0.2, 0.25) is 5.02 Å². The molecule has 2 aromatic carbocycles. The Morgan fingerprint density at radius 2 is 1.58 bits per heavy atom. The molecule has 0 fully saturated rings. The van der Waals surface area contributed by atoms with Crippen molar-refractivity contribution < 1.29 is 4.74 Å². The van der Waals surface area contributed by atoms with E-state index in [1.807, 2.05) is 25.1 Å². The number of anilines is 4. The van der Waals surface area contributed by atoms with Gasteiger partial charge in [0.25, 0.3) is 0 Å². The molecule has 3 rings (SSSR count). The standard InChI is InChI=1S/C20H21ClN4O/c1-12-7-13(2)9-16(8-12)24-20-22-14(3)10-19(25-20)23-15-5-6-18(26-4)17(21)11-15/h5-11H,1-4H3,(H2,22,23,24,25). The summed E-state index contributed by atoms with van der Waals surface area (Å²) in [7, 11) is 1.59. The van der Waals surface area contributed by atoms with E-state index in [1.54, 1.807) is 13.2 Å². The van der Waals surface area contributed by atoms with Gasteiger partial charge in [-0.3, -0.25) is 0 Å². The third kappa shape index (κ3) is 4.43. The minimum absolute atomic E-state index is 0.539. The van der Waals surface area contributed by atoms with E-state index in [0.717, 1.165) is 17.1 Å². The Kier molecular flexibility index (Phi) is 5.28. The highest BCUT2D eigenvalue weighted by Gasteiger charge is 2.06. The van der Waals surface area contributed by atoms with E-state index in [9.17, 15) is 0 Å². The molecule has 0 aliphatic carbocycles. The number of aromatic nitrogens is 2. The monoisotopic (exact) mass is 368 g/mol. The summed E-state index contributed by atoms with van der Waals surface area (Å²) in [6, 6.07) is 13.6. The fraction of sp³-hybridized carbons (Fsp3) is 0.200. The molecule has 134 valence electrons. The quantitative estimate of drug-likeness (QED) is 0.618. The van der Waals surface area contributed by atoms with Gasteiger partial charge in [-0.05, 0) is 62.2 Å². The molecule has 0 aliphatic heterocycles. The van der Waals surface area contributed by atoms with Crippen LogP contribution in [0.4, 0.5) is 23.1 Å². The van der Waals surface area contributed by atoms with E-state index in [0.29, 0.717) is 22.5 Å². The molecule has 1 aromatic heterocycles. The maximum Gasteiger partial charge on any atom is 0.229 e. The number of methoxy groups -OCH3 is 1. The van der Waals surface area contributed by atoms with Gasteiger partial charge in [-0.15, -0.1) is 0 Å². The molecule has 3 aromatic rings. The van der Waals surface area contributed by atoms with Gasteiger partial charge in [-0.2, -0.15) is 4.98 Å². The van der Waals surface area contributed by atoms with Crippen LogP contribution in [0.15, 0.2) is 42.5 Å². The van der Waals surface area contributed by atoms with Crippen molar-refractivity contribution in [2.45, 2.75) is 20.8 Å². The molecule has 0 aliphatic rings. The molecule has 0 atom stereocenters. The summed E-state index contributed by atoms with van der Waals surface area (Å²) in [6.45, 7) is 6.06. The van der Waals surface area contributed by atoms with Crippen LogP contribution < -0.4 is 15.4 Å². The van der Waals surface area contributed by atoms with Gasteiger partial charge >= 0.3 is 0 Å². The third-order valence-electron chi connectivity index (χ3n) is 3.76. The first-order valence-corrected chi connectivity index (χ1v) is 8.62. The zero-order valence-electron chi connectivity index (χ0n) is 15.2. The van der Waals surface area contributed by atoms with Crippen LogP contribution in [0.5, 0.6) is 5.75 Å². The van der Waals surface area contributed by atoms with Crippen molar-refractivity contribution >= 4 is 34.7 Å². The largest absolute Gasteiger partial charge is 0.495 e. The summed E-state index contributed by atoms with van der Waals surface area (Å²) < 4.78 is 5.18. The fourth-order valence-corrected chi connectivity index (χ4v) is 3.01. The molecule has 0 saturated carbocycles. The van der Waals surface area contributed by atoms with E-state index in [-0.39, 0.29) is 0 Å². The highest BCUT2D eigenvalue weighted by atomic mass is 35.5. The lowest BCUT2D eigenvalue weighted by atomic mass is 10.1. The van der Waals surface area contributed by atoms with Gasteiger partial charge in [0.2, 0.25) is 5.95 Å². The van der Waals surface area contributed by atoms with Gasteiger partial charge in [-0.25, -0.2) is 4.98 Å². The van der Waals surface area contributed by atoms with Crippen LogP contribution in [0.1, 0.15) is 16.8 Å². The first-order valence-electron chi connectivity index (χ1n) is 8.24. The van der Waals surface area contributed by atoms with E-state index in [1.165, 1.54) is 11.1 Å². The van der Waals surface area contributed by atoms with Crippen LogP contribution in [0, 0.1) is 20.8 Å². The second-order valence-electron chi connectivity index (χ2n) is 6.19. The number of nitrogens with one attached hydrogen (secondary N) is 2. The molecule has 6 heteroatoms. The third-order valence-corrected chi connectivity index (χ3v) is 4.05. The summed E-state index contributed by atoms with van der Waals surface area (Å²) in [5.41, 5.74) is 5.02. The Labute approximate surface area is 158 Å². The molecule has 0 unspecified atom stereocenters. The minimum Gasteiger partial charge on any atom is -0.495 e. The van der Waals surface area contributed by atoms with E-state index >= 15 is 0 Å². The lowest BCUT2D eigenvalue weighted by Crippen LogP contribution is -2.03. The Balaban J connectivity index is 1.84. The van der Waals surface area contributed by atoms with Gasteiger partial charge in [0.15, 0.2) is 0 Å². The van der Waals surface area contributed by atoms with Crippen molar-refractivity contribution in [1.82, 2.24) is 9.97 Å². The summed E-state index contributed by atoms with van der Waals surface area (Å²) >= 11 is 6.19.